The molecule has 17 heavy (non-hydrogen) atoms. The number of fused-ring (bicyclic) bond motifs is 1. The summed E-state index contributed by atoms with van der Waals surface area (Å²) in [4.78, 5) is 19.0. The maximum atomic E-state index is 11.8. The number of nitrogens with one attached hydrogen (secondary N) is 1. The smallest absolute Gasteiger partial charge is 0.270 e. The summed E-state index contributed by atoms with van der Waals surface area (Å²) in [5, 5.41) is 0. The number of benzene rings is 1. The van der Waals surface area contributed by atoms with Crippen LogP contribution in [0.3, 0.4) is 0 Å². The van der Waals surface area contributed by atoms with Crippen LogP contribution in [0.4, 0.5) is 0 Å². The summed E-state index contributed by atoms with van der Waals surface area (Å²) in [6.07, 6.45) is 2.38. The summed E-state index contributed by atoms with van der Waals surface area (Å²) in [5.74, 6) is 1.78. The summed E-state index contributed by atoms with van der Waals surface area (Å²) >= 11 is 1.77. The number of thioether (sulfide) groups is 1. The van der Waals surface area contributed by atoms with Crippen molar-refractivity contribution in [3.63, 3.8) is 0 Å². The molecule has 0 unspecified atom stereocenters. The first-order valence-corrected chi connectivity index (χ1v) is 7.02. The van der Waals surface area contributed by atoms with Gasteiger partial charge in [0.15, 0.2) is 0 Å². The van der Waals surface area contributed by atoms with E-state index in [4.69, 9.17) is 0 Å². The number of unbranched alkanes of at least 4 members (excludes halogenated alkanes) is 1. The van der Waals surface area contributed by atoms with Gasteiger partial charge in [-0.25, -0.2) is 4.98 Å². The Morgan fingerprint density at radius 3 is 3.00 bits per heavy atom. The fourth-order valence-corrected chi connectivity index (χ4v) is 2.61. The Bertz CT molecular complexity index is 550. The first-order chi connectivity index (χ1) is 8.31. The fraction of sp³-hybridized carbons (Fsp3) is 0.385. The number of rotatable bonds is 5. The Balaban J connectivity index is 2.17. The number of nitrogens with zero attached hydrogens (tertiary/aromatic N) is 1. The maximum Gasteiger partial charge on any atom is 0.270 e. The van der Waals surface area contributed by atoms with Gasteiger partial charge in [-0.1, -0.05) is 25.5 Å². The van der Waals surface area contributed by atoms with Gasteiger partial charge >= 0.3 is 0 Å². The number of hydrogen-bond acceptors (Lipinski definition) is 3. The second kappa shape index (κ2) is 5.87. The average molecular weight is 248 g/mol. The molecule has 0 radical (unpaired) electrons. The molecular weight excluding hydrogens is 232 g/mol. The lowest BCUT2D eigenvalue weighted by molar-refractivity contribution is 0.895. The zero-order valence-electron chi connectivity index (χ0n) is 9.90. The molecule has 0 amide bonds. The molecule has 1 heterocycles. The highest BCUT2D eigenvalue weighted by atomic mass is 32.2. The van der Waals surface area contributed by atoms with Crippen LogP contribution in [0.1, 0.15) is 25.5 Å². The normalized spacial score (nSPS) is 10.9. The van der Waals surface area contributed by atoms with Crippen molar-refractivity contribution < 1.29 is 0 Å². The van der Waals surface area contributed by atoms with Crippen molar-refractivity contribution in [1.29, 1.82) is 0 Å². The van der Waals surface area contributed by atoms with E-state index in [1.165, 1.54) is 12.8 Å². The molecule has 90 valence electrons. The largest absolute Gasteiger partial charge is 0.319 e. The highest BCUT2D eigenvalue weighted by molar-refractivity contribution is 7.98. The van der Waals surface area contributed by atoms with Gasteiger partial charge in [0, 0.05) is 5.75 Å². The molecule has 0 aliphatic heterocycles. The molecular formula is C13H16N2OS. The molecule has 4 heteroatoms. The van der Waals surface area contributed by atoms with E-state index in [2.05, 4.69) is 16.9 Å². The van der Waals surface area contributed by atoms with Crippen LogP contribution >= 0.6 is 11.8 Å². The minimum absolute atomic E-state index is 0.0623. The second-order valence-electron chi connectivity index (χ2n) is 3.94. The lowest BCUT2D eigenvalue weighted by atomic mass is 10.3. The molecule has 0 saturated heterocycles. The quantitative estimate of drug-likeness (QED) is 0.827. The van der Waals surface area contributed by atoms with Crippen LogP contribution in [0.15, 0.2) is 29.1 Å². The summed E-state index contributed by atoms with van der Waals surface area (Å²) in [6, 6.07) is 7.63. The third kappa shape index (κ3) is 3.09. The van der Waals surface area contributed by atoms with Gasteiger partial charge in [-0.05, 0) is 24.3 Å². The Kier molecular flexibility index (Phi) is 4.20. The number of hydrogen-bond donors (Lipinski definition) is 1. The van der Waals surface area contributed by atoms with Crippen LogP contribution in [0.2, 0.25) is 0 Å². The molecule has 1 aromatic carbocycles. The molecule has 0 aliphatic rings. The van der Waals surface area contributed by atoms with E-state index >= 15 is 0 Å². The molecule has 0 atom stereocenters. The molecule has 1 N–H and O–H groups in total. The summed E-state index contributed by atoms with van der Waals surface area (Å²) in [6.45, 7) is 2.17. The summed E-state index contributed by atoms with van der Waals surface area (Å²) in [5.41, 5.74) is 2.23. The topological polar surface area (TPSA) is 45.8 Å². The number of aromatic amines is 1. The summed E-state index contributed by atoms with van der Waals surface area (Å²) in [7, 11) is 0. The van der Waals surface area contributed by atoms with Gasteiger partial charge in [0.1, 0.15) is 5.69 Å². The molecule has 2 rings (SSSR count). The summed E-state index contributed by atoms with van der Waals surface area (Å²) < 4.78 is 0. The van der Waals surface area contributed by atoms with E-state index < -0.39 is 0 Å². The van der Waals surface area contributed by atoms with Gasteiger partial charge < -0.3 is 4.98 Å². The zero-order chi connectivity index (χ0) is 12.1. The molecule has 0 aliphatic carbocycles. The minimum Gasteiger partial charge on any atom is -0.319 e. The number of para-hydroxylation sites is 2. The van der Waals surface area contributed by atoms with Crippen molar-refractivity contribution in [2.24, 2.45) is 0 Å². The Labute approximate surface area is 105 Å². The van der Waals surface area contributed by atoms with Gasteiger partial charge in [0.25, 0.3) is 5.56 Å². The Morgan fingerprint density at radius 1 is 1.35 bits per heavy atom. The van der Waals surface area contributed by atoms with E-state index in [9.17, 15) is 4.79 Å². The van der Waals surface area contributed by atoms with Crippen LogP contribution < -0.4 is 5.56 Å². The van der Waals surface area contributed by atoms with Crippen molar-refractivity contribution in [2.75, 3.05) is 5.75 Å². The Hall–Kier alpha value is -1.29. The molecule has 0 fully saturated rings. The number of aromatic nitrogens is 2. The van der Waals surface area contributed by atoms with Crippen LogP contribution in [0, 0.1) is 0 Å². The highest BCUT2D eigenvalue weighted by Gasteiger charge is 2.04. The van der Waals surface area contributed by atoms with Crippen LogP contribution in [-0.2, 0) is 5.75 Å². The lowest BCUT2D eigenvalue weighted by Crippen LogP contribution is -2.14. The zero-order valence-corrected chi connectivity index (χ0v) is 10.7. The van der Waals surface area contributed by atoms with Crippen molar-refractivity contribution >= 4 is 22.8 Å². The van der Waals surface area contributed by atoms with Crippen molar-refractivity contribution in [1.82, 2.24) is 9.97 Å². The predicted octanol–water partition coefficient (Wildman–Crippen LogP) is 2.96. The highest BCUT2D eigenvalue weighted by Crippen LogP contribution is 2.12. The predicted molar refractivity (Wildman–Crippen MR) is 73.4 cm³/mol. The monoisotopic (exact) mass is 248 g/mol. The average Bonchev–Trinajstić information content (AvgIpc) is 2.35. The van der Waals surface area contributed by atoms with Gasteiger partial charge in [0.05, 0.1) is 11.0 Å². The SMILES string of the molecule is CCCCSCc1nc2ccccc2[nH]c1=O. The van der Waals surface area contributed by atoms with Gasteiger partial charge in [0.2, 0.25) is 0 Å². The first-order valence-electron chi connectivity index (χ1n) is 5.87. The van der Waals surface area contributed by atoms with Gasteiger partial charge in [-0.3, -0.25) is 4.79 Å². The van der Waals surface area contributed by atoms with E-state index in [0.717, 1.165) is 16.8 Å². The fourth-order valence-electron chi connectivity index (χ4n) is 1.58. The van der Waals surface area contributed by atoms with E-state index in [-0.39, 0.29) is 5.56 Å². The van der Waals surface area contributed by atoms with Crippen molar-refractivity contribution in [3.05, 3.63) is 40.3 Å². The standard InChI is InChI=1S/C13H16N2OS/c1-2-3-8-17-9-12-13(16)15-11-7-5-4-6-10(11)14-12/h4-7H,2-3,8-9H2,1H3,(H,15,16). The van der Waals surface area contributed by atoms with Crippen molar-refractivity contribution in [3.8, 4) is 0 Å². The van der Waals surface area contributed by atoms with Crippen molar-refractivity contribution in [2.45, 2.75) is 25.5 Å². The molecule has 0 spiro atoms. The molecule has 3 nitrogen and oxygen atoms in total. The maximum absolute atomic E-state index is 11.8. The molecule has 0 saturated carbocycles. The van der Waals surface area contributed by atoms with E-state index in [1.807, 2.05) is 24.3 Å². The molecule has 0 bridgehead atoms. The van der Waals surface area contributed by atoms with Gasteiger partial charge in [-0.2, -0.15) is 11.8 Å². The third-order valence-electron chi connectivity index (χ3n) is 2.55. The third-order valence-corrected chi connectivity index (χ3v) is 3.61. The second-order valence-corrected chi connectivity index (χ2v) is 5.04. The Morgan fingerprint density at radius 2 is 2.18 bits per heavy atom. The van der Waals surface area contributed by atoms with Crippen LogP contribution in [0.25, 0.3) is 11.0 Å². The van der Waals surface area contributed by atoms with E-state index in [0.29, 0.717) is 11.4 Å². The number of H-pyrrole nitrogens is 1. The van der Waals surface area contributed by atoms with Gasteiger partial charge in [-0.15, -0.1) is 0 Å². The lowest BCUT2D eigenvalue weighted by Gasteiger charge is -2.02. The van der Waals surface area contributed by atoms with Crippen LogP contribution in [0.5, 0.6) is 0 Å². The van der Waals surface area contributed by atoms with E-state index in [1.54, 1.807) is 11.8 Å². The van der Waals surface area contributed by atoms with Crippen LogP contribution in [-0.4, -0.2) is 15.7 Å². The first kappa shape index (κ1) is 12.2. The molecule has 2 aromatic rings. The molecule has 1 aromatic heterocycles. The minimum atomic E-state index is -0.0623.